The molecule has 0 spiro atoms. The first-order valence-corrected chi connectivity index (χ1v) is 8.03. The summed E-state index contributed by atoms with van der Waals surface area (Å²) >= 11 is 0. The van der Waals surface area contributed by atoms with Crippen LogP contribution in [0.5, 0.6) is 0 Å². The molecule has 1 heterocycles. The molecule has 2 atom stereocenters. The number of hydrogen-bond donors (Lipinski definition) is 1. The normalized spacial score (nSPS) is 21.3. The maximum absolute atomic E-state index is 4.50. The quantitative estimate of drug-likeness (QED) is 0.926. The van der Waals surface area contributed by atoms with Crippen molar-refractivity contribution in [3.63, 3.8) is 0 Å². The number of nitrogens with one attached hydrogen (secondary N) is 1. The average Bonchev–Trinajstić information content (AvgIpc) is 2.84. The number of hydrogen-bond acceptors (Lipinski definition) is 2. The topological polar surface area (TPSA) is 29.9 Å². The molecule has 0 amide bonds. The maximum Gasteiger partial charge on any atom is 0.0954 e. The number of imidazole rings is 1. The summed E-state index contributed by atoms with van der Waals surface area (Å²) in [6, 6.07) is 9.73. The van der Waals surface area contributed by atoms with Gasteiger partial charge in [-0.3, -0.25) is 0 Å². The van der Waals surface area contributed by atoms with Gasteiger partial charge in [-0.2, -0.15) is 0 Å². The van der Waals surface area contributed by atoms with Crippen LogP contribution >= 0.6 is 0 Å². The lowest BCUT2D eigenvalue weighted by Gasteiger charge is -2.36. The van der Waals surface area contributed by atoms with E-state index in [1.807, 2.05) is 6.33 Å². The summed E-state index contributed by atoms with van der Waals surface area (Å²) in [5.41, 5.74) is 5.40. The van der Waals surface area contributed by atoms with Crippen LogP contribution in [0.3, 0.4) is 0 Å². The molecule has 3 heteroatoms. The van der Waals surface area contributed by atoms with E-state index >= 15 is 0 Å². The fraction of sp³-hybridized carbons (Fsp3) is 0.500. The van der Waals surface area contributed by atoms with Crippen LogP contribution < -0.4 is 5.32 Å². The third kappa shape index (κ3) is 2.62. The third-order valence-corrected chi connectivity index (χ3v) is 4.74. The third-order valence-electron chi connectivity index (χ3n) is 4.74. The van der Waals surface area contributed by atoms with Crippen LogP contribution in [0.2, 0.25) is 0 Å². The summed E-state index contributed by atoms with van der Waals surface area (Å²) < 4.78 is 2.37. The molecule has 1 aliphatic carbocycles. The van der Waals surface area contributed by atoms with Crippen LogP contribution in [-0.2, 0) is 6.42 Å². The molecule has 2 aromatic rings. The predicted molar refractivity (Wildman–Crippen MR) is 86.5 cm³/mol. The van der Waals surface area contributed by atoms with Gasteiger partial charge in [-0.15, -0.1) is 0 Å². The van der Waals surface area contributed by atoms with Gasteiger partial charge in [0.05, 0.1) is 24.1 Å². The minimum absolute atomic E-state index is 0.391. The van der Waals surface area contributed by atoms with Gasteiger partial charge in [0.1, 0.15) is 0 Å². The first kappa shape index (κ1) is 14.3. The highest BCUT2D eigenvalue weighted by atomic mass is 15.1. The highest BCUT2D eigenvalue weighted by Gasteiger charge is 2.30. The molecule has 0 fully saturated rings. The molecule has 2 unspecified atom stereocenters. The summed E-state index contributed by atoms with van der Waals surface area (Å²) in [4.78, 5) is 4.50. The molecule has 21 heavy (non-hydrogen) atoms. The van der Waals surface area contributed by atoms with Crippen LogP contribution in [0.25, 0.3) is 0 Å². The van der Waals surface area contributed by atoms with Crippen LogP contribution in [0.4, 0.5) is 0 Å². The highest BCUT2D eigenvalue weighted by molar-refractivity contribution is 5.34. The first-order chi connectivity index (χ1) is 10.2. The van der Waals surface area contributed by atoms with Crippen molar-refractivity contribution in [2.75, 3.05) is 6.54 Å². The Morgan fingerprint density at radius 3 is 2.81 bits per heavy atom. The van der Waals surface area contributed by atoms with Crippen molar-refractivity contribution in [3.05, 3.63) is 53.1 Å². The van der Waals surface area contributed by atoms with Gasteiger partial charge in [0, 0.05) is 5.69 Å². The summed E-state index contributed by atoms with van der Waals surface area (Å²) in [5.74, 6) is 0. The second kappa shape index (κ2) is 6.02. The monoisotopic (exact) mass is 283 g/mol. The molecule has 1 aliphatic rings. The van der Waals surface area contributed by atoms with Gasteiger partial charge in [0.15, 0.2) is 0 Å². The van der Waals surface area contributed by atoms with Crippen molar-refractivity contribution in [1.29, 1.82) is 0 Å². The second-order valence-corrected chi connectivity index (χ2v) is 6.06. The molecule has 3 nitrogen and oxygen atoms in total. The van der Waals surface area contributed by atoms with Gasteiger partial charge in [0.25, 0.3) is 0 Å². The van der Waals surface area contributed by atoms with E-state index < -0.39 is 0 Å². The van der Waals surface area contributed by atoms with Gasteiger partial charge in [-0.25, -0.2) is 4.98 Å². The molecule has 0 bridgehead atoms. The summed E-state index contributed by atoms with van der Waals surface area (Å²) in [5, 5.41) is 3.76. The smallest absolute Gasteiger partial charge is 0.0954 e. The van der Waals surface area contributed by atoms with E-state index in [2.05, 4.69) is 59.9 Å². The van der Waals surface area contributed by atoms with E-state index in [9.17, 15) is 0 Å². The fourth-order valence-corrected chi connectivity index (χ4v) is 3.44. The standard InChI is InChI=1S/C18H25N3/c1-4-11-19-18-16-8-6-5-7-15(16)9-10-17(18)21-12-20-13(2)14(21)3/h5-8,12,17-19H,4,9-11H2,1-3H3. The fourth-order valence-electron chi connectivity index (χ4n) is 3.44. The van der Waals surface area contributed by atoms with E-state index in [0.717, 1.165) is 25.1 Å². The molecule has 0 radical (unpaired) electrons. The Kier molecular flexibility index (Phi) is 4.11. The zero-order valence-corrected chi connectivity index (χ0v) is 13.3. The van der Waals surface area contributed by atoms with Gasteiger partial charge in [-0.1, -0.05) is 31.2 Å². The van der Waals surface area contributed by atoms with Crippen molar-refractivity contribution >= 4 is 0 Å². The van der Waals surface area contributed by atoms with Crippen molar-refractivity contribution < 1.29 is 0 Å². The van der Waals surface area contributed by atoms with Crippen molar-refractivity contribution in [2.45, 2.75) is 52.1 Å². The van der Waals surface area contributed by atoms with Crippen molar-refractivity contribution in [2.24, 2.45) is 0 Å². The van der Waals surface area contributed by atoms with Crippen LogP contribution in [0.15, 0.2) is 30.6 Å². The lowest BCUT2D eigenvalue weighted by Crippen LogP contribution is -2.34. The van der Waals surface area contributed by atoms with Crippen LogP contribution in [0, 0.1) is 13.8 Å². The van der Waals surface area contributed by atoms with E-state index in [1.54, 1.807) is 0 Å². The van der Waals surface area contributed by atoms with Gasteiger partial charge in [0.2, 0.25) is 0 Å². The highest BCUT2D eigenvalue weighted by Crippen LogP contribution is 2.38. The Balaban J connectivity index is 1.98. The summed E-state index contributed by atoms with van der Waals surface area (Å²) in [6.45, 7) is 7.56. The van der Waals surface area contributed by atoms with Crippen molar-refractivity contribution in [3.8, 4) is 0 Å². The number of aromatic nitrogens is 2. The second-order valence-electron chi connectivity index (χ2n) is 6.06. The molecule has 0 aliphatic heterocycles. The Labute approximate surface area is 127 Å². The SMILES string of the molecule is CCCNC1c2ccccc2CCC1n1cnc(C)c1C. The minimum atomic E-state index is 0.391. The van der Waals surface area contributed by atoms with E-state index in [1.165, 1.54) is 23.2 Å². The van der Waals surface area contributed by atoms with E-state index in [-0.39, 0.29) is 0 Å². The number of benzene rings is 1. The molecular weight excluding hydrogens is 258 g/mol. The summed E-state index contributed by atoms with van der Waals surface area (Å²) in [7, 11) is 0. The molecule has 1 aromatic heterocycles. The molecule has 1 aromatic carbocycles. The van der Waals surface area contributed by atoms with Crippen LogP contribution in [-0.4, -0.2) is 16.1 Å². The molecule has 0 saturated heterocycles. The average molecular weight is 283 g/mol. The number of rotatable bonds is 4. The lowest BCUT2D eigenvalue weighted by molar-refractivity contribution is 0.314. The Hall–Kier alpha value is -1.61. The molecule has 0 saturated carbocycles. The minimum Gasteiger partial charge on any atom is -0.330 e. The zero-order valence-electron chi connectivity index (χ0n) is 13.3. The molecule has 1 N–H and O–H groups in total. The van der Waals surface area contributed by atoms with Gasteiger partial charge in [-0.05, 0) is 50.8 Å². The molecule has 3 rings (SSSR count). The largest absolute Gasteiger partial charge is 0.330 e. The number of nitrogens with zero attached hydrogens (tertiary/aromatic N) is 2. The zero-order chi connectivity index (χ0) is 14.8. The number of aryl methyl sites for hydroxylation is 2. The molecular formula is C18H25N3. The Bertz CT molecular complexity index is 615. The first-order valence-electron chi connectivity index (χ1n) is 8.03. The predicted octanol–water partition coefficient (Wildman–Crippen LogP) is 3.73. The summed E-state index contributed by atoms with van der Waals surface area (Å²) in [6.07, 6.45) is 5.51. The van der Waals surface area contributed by atoms with E-state index in [0.29, 0.717) is 12.1 Å². The Morgan fingerprint density at radius 1 is 1.29 bits per heavy atom. The Morgan fingerprint density at radius 2 is 2.10 bits per heavy atom. The lowest BCUT2D eigenvalue weighted by atomic mass is 9.83. The van der Waals surface area contributed by atoms with Crippen molar-refractivity contribution in [1.82, 2.24) is 14.9 Å². The maximum atomic E-state index is 4.50. The van der Waals surface area contributed by atoms with Gasteiger partial charge < -0.3 is 9.88 Å². The van der Waals surface area contributed by atoms with Gasteiger partial charge >= 0.3 is 0 Å². The van der Waals surface area contributed by atoms with E-state index in [4.69, 9.17) is 0 Å². The molecule has 112 valence electrons. The number of fused-ring (bicyclic) bond motifs is 1. The van der Waals surface area contributed by atoms with Crippen LogP contribution in [0.1, 0.15) is 54.4 Å².